The van der Waals surface area contributed by atoms with Gasteiger partial charge in [0.05, 0.1) is 24.6 Å². The number of aromatic amines is 1. The predicted octanol–water partition coefficient (Wildman–Crippen LogP) is 0.585. The highest BCUT2D eigenvalue weighted by Gasteiger charge is 2.17. The Bertz CT molecular complexity index is 479. The summed E-state index contributed by atoms with van der Waals surface area (Å²) < 4.78 is 4.69. The van der Waals surface area contributed by atoms with Crippen molar-refractivity contribution in [2.75, 3.05) is 7.11 Å². The van der Waals surface area contributed by atoms with Crippen LogP contribution in [0.5, 0.6) is 0 Å². The number of esters is 1. The summed E-state index contributed by atoms with van der Waals surface area (Å²) >= 11 is 4.60. The highest BCUT2D eigenvalue weighted by atomic mass is 32.1. The third-order valence-electron chi connectivity index (χ3n) is 2.23. The number of carbonyl (C=O) groups excluding carboxylic acids is 1. The molecule has 0 unspecified atom stereocenters. The number of nitrogens with two attached hydrogens (primary N) is 1. The van der Waals surface area contributed by atoms with Crippen LogP contribution in [0.1, 0.15) is 27.3 Å². The fraction of sp³-hybridized carbons (Fsp3) is 0.300. The smallest absolute Gasteiger partial charge is 0.339 e. The first kappa shape index (κ1) is 13.2. The fourth-order valence-electron chi connectivity index (χ4n) is 1.47. The Morgan fingerprint density at radius 3 is 2.76 bits per heavy atom. The fourth-order valence-corrected chi connectivity index (χ4v) is 1.52. The molecule has 1 aromatic rings. The van der Waals surface area contributed by atoms with Gasteiger partial charge in [-0.2, -0.15) is 5.10 Å². The summed E-state index contributed by atoms with van der Waals surface area (Å²) in [5.41, 5.74) is 10.4. The summed E-state index contributed by atoms with van der Waals surface area (Å²) in [7, 11) is 1.34. The molecule has 0 amide bonds. The molecular formula is C10H14N4O2S. The number of hydrogen-bond donors (Lipinski definition) is 3. The van der Waals surface area contributed by atoms with Gasteiger partial charge >= 0.3 is 5.97 Å². The Hall–Kier alpha value is -1.89. The molecule has 4 N–H and O–H groups in total. The number of aromatic nitrogens is 1. The van der Waals surface area contributed by atoms with Crippen molar-refractivity contribution < 1.29 is 9.53 Å². The Kier molecular flexibility index (Phi) is 4.22. The number of nitrogens with one attached hydrogen (secondary N) is 2. The first-order valence-electron chi connectivity index (χ1n) is 4.83. The zero-order chi connectivity index (χ0) is 13.0. The molecule has 1 aromatic heterocycles. The second-order valence-electron chi connectivity index (χ2n) is 3.39. The van der Waals surface area contributed by atoms with Crippen LogP contribution in [-0.2, 0) is 4.74 Å². The van der Waals surface area contributed by atoms with E-state index in [-0.39, 0.29) is 11.1 Å². The minimum Gasteiger partial charge on any atom is -0.465 e. The average Bonchev–Trinajstić information content (AvgIpc) is 2.53. The topological polar surface area (TPSA) is 92.5 Å². The van der Waals surface area contributed by atoms with E-state index in [2.05, 4.69) is 27.7 Å². The number of ether oxygens (including phenoxy) is 1. The lowest BCUT2D eigenvalue weighted by atomic mass is 10.1. The largest absolute Gasteiger partial charge is 0.465 e. The highest BCUT2D eigenvalue weighted by Crippen LogP contribution is 2.17. The molecule has 92 valence electrons. The van der Waals surface area contributed by atoms with Crippen molar-refractivity contribution in [2.24, 2.45) is 10.8 Å². The summed E-state index contributed by atoms with van der Waals surface area (Å²) in [5.74, 6) is -0.377. The Morgan fingerprint density at radius 1 is 1.59 bits per heavy atom. The Balaban J connectivity index is 3.00. The third kappa shape index (κ3) is 3.04. The van der Waals surface area contributed by atoms with Gasteiger partial charge in [-0.15, -0.1) is 0 Å². The van der Waals surface area contributed by atoms with E-state index in [1.165, 1.54) is 13.3 Å². The van der Waals surface area contributed by atoms with Crippen molar-refractivity contribution >= 4 is 29.5 Å². The molecule has 0 fully saturated rings. The molecule has 0 spiro atoms. The van der Waals surface area contributed by atoms with Crippen LogP contribution in [0.25, 0.3) is 0 Å². The van der Waals surface area contributed by atoms with E-state index in [4.69, 9.17) is 10.5 Å². The van der Waals surface area contributed by atoms with Crippen molar-refractivity contribution in [3.8, 4) is 0 Å². The van der Waals surface area contributed by atoms with E-state index in [1.54, 1.807) is 13.8 Å². The van der Waals surface area contributed by atoms with Gasteiger partial charge in [0.2, 0.25) is 0 Å². The van der Waals surface area contributed by atoms with Gasteiger partial charge in [0.25, 0.3) is 0 Å². The van der Waals surface area contributed by atoms with E-state index in [1.807, 2.05) is 0 Å². The van der Waals surface area contributed by atoms with Crippen LogP contribution >= 0.6 is 12.2 Å². The summed E-state index contributed by atoms with van der Waals surface area (Å²) in [6, 6.07) is 0. The van der Waals surface area contributed by atoms with Crippen molar-refractivity contribution in [1.29, 1.82) is 0 Å². The number of aryl methyl sites for hydroxylation is 1. The highest BCUT2D eigenvalue weighted by molar-refractivity contribution is 7.80. The van der Waals surface area contributed by atoms with Crippen LogP contribution in [0, 0.1) is 13.8 Å². The monoisotopic (exact) mass is 254 g/mol. The third-order valence-corrected chi connectivity index (χ3v) is 2.33. The summed E-state index contributed by atoms with van der Waals surface area (Å²) in [6.45, 7) is 3.59. The maximum Gasteiger partial charge on any atom is 0.339 e. The van der Waals surface area contributed by atoms with Crippen molar-refractivity contribution in [3.63, 3.8) is 0 Å². The number of hydrogen-bond acceptors (Lipinski definition) is 4. The van der Waals surface area contributed by atoms with Gasteiger partial charge in [0, 0.05) is 5.69 Å². The van der Waals surface area contributed by atoms with E-state index in [0.717, 1.165) is 11.3 Å². The van der Waals surface area contributed by atoms with Gasteiger partial charge in [-0.1, -0.05) is 0 Å². The molecular weight excluding hydrogens is 240 g/mol. The Labute approximate surface area is 104 Å². The van der Waals surface area contributed by atoms with E-state index >= 15 is 0 Å². The SMILES string of the molecule is COC(=O)c1c(C)[nH]c(C=NNC(N)=S)c1C. The van der Waals surface area contributed by atoms with E-state index in [9.17, 15) is 4.79 Å². The molecule has 0 saturated heterocycles. The molecule has 1 rings (SSSR count). The minimum absolute atomic E-state index is 0.0790. The lowest BCUT2D eigenvalue weighted by molar-refractivity contribution is 0.0599. The summed E-state index contributed by atoms with van der Waals surface area (Å²) in [4.78, 5) is 14.5. The van der Waals surface area contributed by atoms with Crippen LogP contribution in [0.2, 0.25) is 0 Å². The number of rotatable bonds is 3. The van der Waals surface area contributed by atoms with Gasteiger partial charge in [0.1, 0.15) is 0 Å². The maximum atomic E-state index is 11.5. The van der Waals surface area contributed by atoms with E-state index in [0.29, 0.717) is 11.3 Å². The number of thiocarbonyl (C=S) groups is 1. The molecule has 0 saturated carbocycles. The molecule has 0 aliphatic rings. The molecule has 0 atom stereocenters. The first-order valence-corrected chi connectivity index (χ1v) is 5.24. The van der Waals surface area contributed by atoms with Crippen LogP contribution in [0.3, 0.4) is 0 Å². The average molecular weight is 254 g/mol. The Morgan fingerprint density at radius 2 is 2.24 bits per heavy atom. The minimum atomic E-state index is -0.377. The molecule has 0 radical (unpaired) electrons. The quantitative estimate of drug-likeness (QED) is 0.318. The van der Waals surface area contributed by atoms with E-state index < -0.39 is 0 Å². The number of methoxy groups -OCH3 is 1. The van der Waals surface area contributed by atoms with Crippen molar-refractivity contribution in [2.45, 2.75) is 13.8 Å². The molecule has 17 heavy (non-hydrogen) atoms. The number of nitrogens with zero attached hydrogens (tertiary/aromatic N) is 1. The van der Waals surface area contributed by atoms with Gasteiger partial charge in [-0.05, 0) is 31.6 Å². The lowest BCUT2D eigenvalue weighted by Crippen LogP contribution is -2.24. The first-order chi connectivity index (χ1) is 7.97. The van der Waals surface area contributed by atoms with Crippen LogP contribution in [-0.4, -0.2) is 29.4 Å². The van der Waals surface area contributed by atoms with Gasteiger partial charge in [-0.25, -0.2) is 4.79 Å². The molecule has 1 heterocycles. The van der Waals surface area contributed by atoms with Crippen LogP contribution in [0.4, 0.5) is 0 Å². The number of H-pyrrole nitrogens is 1. The standard InChI is InChI=1S/C10H14N4O2S/c1-5-7(4-12-14-10(11)17)13-6(2)8(5)9(15)16-3/h4,13H,1-3H3,(H3,11,14,17). The normalized spacial score (nSPS) is 10.5. The summed E-state index contributed by atoms with van der Waals surface area (Å²) in [6.07, 6.45) is 1.51. The number of hydrazone groups is 1. The molecule has 7 heteroatoms. The summed E-state index contributed by atoms with van der Waals surface area (Å²) in [5, 5.41) is 3.90. The maximum absolute atomic E-state index is 11.5. The van der Waals surface area contributed by atoms with Gasteiger partial charge < -0.3 is 15.5 Å². The van der Waals surface area contributed by atoms with Gasteiger partial charge in [0.15, 0.2) is 5.11 Å². The second kappa shape index (κ2) is 5.44. The van der Waals surface area contributed by atoms with Gasteiger partial charge in [-0.3, -0.25) is 5.43 Å². The molecule has 0 aromatic carbocycles. The van der Waals surface area contributed by atoms with Crippen LogP contribution in [0.15, 0.2) is 5.10 Å². The second-order valence-corrected chi connectivity index (χ2v) is 3.83. The zero-order valence-electron chi connectivity index (χ0n) is 9.83. The molecule has 0 aliphatic heterocycles. The van der Waals surface area contributed by atoms with Crippen molar-refractivity contribution in [1.82, 2.24) is 10.4 Å². The number of carbonyl (C=O) groups is 1. The molecule has 6 nitrogen and oxygen atoms in total. The zero-order valence-corrected chi connectivity index (χ0v) is 10.6. The van der Waals surface area contributed by atoms with Crippen LogP contribution < -0.4 is 11.2 Å². The predicted molar refractivity (Wildman–Crippen MR) is 69.1 cm³/mol. The van der Waals surface area contributed by atoms with Crippen molar-refractivity contribution in [3.05, 3.63) is 22.5 Å². The molecule has 0 bridgehead atoms. The lowest BCUT2D eigenvalue weighted by Gasteiger charge is -1.98. The molecule has 0 aliphatic carbocycles.